The Morgan fingerprint density at radius 3 is 2.86 bits per heavy atom. The molecule has 1 atom stereocenters. The van der Waals surface area contributed by atoms with Gasteiger partial charge < -0.3 is 10.2 Å². The molecule has 3 heteroatoms. The summed E-state index contributed by atoms with van der Waals surface area (Å²) in [7, 11) is 1.81. The van der Waals surface area contributed by atoms with Crippen LogP contribution >= 0.6 is 0 Å². The number of urea groups is 1. The summed E-state index contributed by atoms with van der Waals surface area (Å²) in [5.74, 6) is 0. The minimum Gasteiger partial charge on any atom is -0.329 e. The molecule has 1 N–H and O–H groups in total. The van der Waals surface area contributed by atoms with Crippen LogP contribution in [0.1, 0.15) is 17.2 Å². The fourth-order valence-electron chi connectivity index (χ4n) is 1.74. The zero-order valence-electron chi connectivity index (χ0n) is 8.45. The van der Waals surface area contributed by atoms with Crippen LogP contribution in [0.15, 0.2) is 24.3 Å². The van der Waals surface area contributed by atoms with Gasteiger partial charge in [0.2, 0.25) is 0 Å². The van der Waals surface area contributed by atoms with E-state index in [1.165, 1.54) is 11.1 Å². The van der Waals surface area contributed by atoms with Crippen LogP contribution in [0, 0.1) is 6.92 Å². The number of nitrogens with one attached hydrogen (secondary N) is 1. The Balaban J connectivity index is 2.21. The summed E-state index contributed by atoms with van der Waals surface area (Å²) in [5, 5.41) is 2.93. The van der Waals surface area contributed by atoms with Crippen LogP contribution in [0.5, 0.6) is 0 Å². The lowest BCUT2D eigenvalue weighted by Gasteiger charge is -2.09. The van der Waals surface area contributed by atoms with Crippen LogP contribution in [0.4, 0.5) is 4.79 Å². The molecule has 1 aliphatic rings. The third-order valence-corrected chi connectivity index (χ3v) is 2.55. The van der Waals surface area contributed by atoms with Gasteiger partial charge in [0, 0.05) is 13.6 Å². The molecular weight excluding hydrogens is 176 g/mol. The smallest absolute Gasteiger partial charge is 0.317 e. The first kappa shape index (κ1) is 9.06. The lowest BCUT2D eigenvalue weighted by atomic mass is 10.1. The van der Waals surface area contributed by atoms with Gasteiger partial charge in [0.15, 0.2) is 0 Å². The van der Waals surface area contributed by atoms with E-state index < -0.39 is 0 Å². The number of hydrogen-bond acceptors (Lipinski definition) is 1. The van der Waals surface area contributed by atoms with Gasteiger partial charge in [0.25, 0.3) is 0 Å². The molecule has 3 nitrogen and oxygen atoms in total. The van der Waals surface area contributed by atoms with E-state index in [0.717, 1.165) is 6.54 Å². The molecule has 0 aliphatic carbocycles. The highest BCUT2D eigenvalue weighted by atomic mass is 16.2. The molecule has 14 heavy (non-hydrogen) atoms. The number of carbonyl (C=O) groups is 1. The Hall–Kier alpha value is -1.51. The van der Waals surface area contributed by atoms with E-state index in [1.54, 1.807) is 4.90 Å². The minimum atomic E-state index is 0.0107. The molecule has 1 aromatic rings. The maximum atomic E-state index is 11.3. The van der Waals surface area contributed by atoms with Crippen LogP contribution in [-0.4, -0.2) is 24.5 Å². The van der Waals surface area contributed by atoms with Crippen molar-refractivity contribution in [3.05, 3.63) is 35.4 Å². The van der Waals surface area contributed by atoms with Gasteiger partial charge >= 0.3 is 6.03 Å². The van der Waals surface area contributed by atoms with E-state index in [1.807, 2.05) is 13.1 Å². The molecule has 2 amide bonds. The van der Waals surface area contributed by atoms with Crippen LogP contribution in [0.3, 0.4) is 0 Å². The minimum absolute atomic E-state index is 0.0107. The average molecular weight is 190 g/mol. The Morgan fingerprint density at radius 1 is 1.50 bits per heavy atom. The quantitative estimate of drug-likeness (QED) is 0.718. The number of nitrogens with zero attached hydrogens (tertiary/aromatic N) is 1. The fraction of sp³-hybridized carbons (Fsp3) is 0.364. The maximum absolute atomic E-state index is 11.3. The number of amides is 2. The van der Waals surface area contributed by atoms with Crippen molar-refractivity contribution in [2.24, 2.45) is 0 Å². The largest absolute Gasteiger partial charge is 0.329 e. The molecule has 0 spiro atoms. The van der Waals surface area contributed by atoms with Gasteiger partial charge in [-0.2, -0.15) is 0 Å². The second-order valence-corrected chi connectivity index (χ2v) is 3.80. The molecule has 0 aromatic heterocycles. The highest BCUT2D eigenvalue weighted by Crippen LogP contribution is 2.19. The van der Waals surface area contributed by atoms with Crippen molar-refractivity contribution in [2.45, 2.75) is 13.0 Å². The summed E-state index contributed by atoms with van der Waals surface area (Å²) in [6.45, 7) is 2.81. The third-order valence-electron chi connectivity index (χ3n) is 2.55. The molecule has 1 saturated heterocycles. The summed E-state index contributed by atoms with van der Waals surface area (Å²) in [5.41, 5.74) is 2.41. The summed E-state index contributed by atoms with van der Waals surface area (Å²) in [6.07, 6.45) is 0. The zero-order chi connectivity index (χ0) is 10.1. The lowest BCUT2D eigenvalue weighted by Crippen LogP contribution is -2.23. The van der Waals surface area contributed by atoms with Crippen LogP contribution < -0.4 is 5.32 Å². The molecule has 1 unspecified atom stereocenters. The molecular formula is C11H14N2O. The molecule has 1 aliphatic heterocycles. The monoisotopic (exact) mass is 190 g/mol. The number of hydrogen-bond donors (Lipinski definition) is 1. The van der Waals surface area contributed by atoms with Crippen molar-refractivity contribution in [3.63, 3.8) is 0 Å². The number of rotatable bonds is 1. The number of aryl methyl sites for hydroxylation is 1. The number of carbonyl (C=O) groups excluding carboxylic acids is 1. The number of benzene rings is 1. The Bertz CT molecular complexity index is 362. The Morgan fingerprint density at radius 2 is 2.29 bits per heavy atom. The second-order valence-electron chi connectivity index (χ2n) is 3.80. The SMILES string of the molecule is Cc1cccc(C2CN(C)C(=O)N2)c1. The molecule has 1 fully saturated rings. The van der Waals surface area contributed by atoms with Crippen LogP contribution in [0.25, 0.3) is 0 Å². The van der Waals surface area contributed by atoms with Crippen molar-refractivity contribution >= 4 is 6.03 Å². The maximum Gasteiger partial charge on any atom is 0.317 e. The molecule has 2 rings (SSSR count). The highest BCUT2D eigenvalue weighted by Gasteiger charge is 2.26. The first-order valence-corrected chi connectivity index (χ1v) is 4.75. The average Bonchev–Trinajstić information content (AvgIpc) is 2.47. The molecule has 1 heterocycles. The van der Waals surface area contributed by atoms with E-state index in [4.69, 9.17) is 0 Å². The zero-order valence-corrected chi connectivity index (χ0v) is 8.45. The summed E-state index contributed by atoms with van der Waals surface area (Å²) in [6, 6.07) is 8.41. The first-order chi connectivity index (χ1) is 6.66. The van der Waals surface area contributed by atoms with Crippen LogP contribution in [-0.2, 0) is 0 Å². The molecule has 0 saturated carbocycles. The fourth-order valence-corrected chi connectivity index (χ4v) is 1.74. The molecule has 1 aromatic carbocycles. The molecule has 0 radical (unpaired) electrons. The van der Waals surface area contributed by atoms with Gasteiger partial charge in [-0.05, 0) is 12.5 Å². The number of likely N-dealkylation sites (N-methyl/N-ethyl adjacent to an activating group) is 1. The van der Waals surface area contributed by atoms with Gasteiger partial charge in [-0.3, -0.25) is 0 Å². The van der Waals surface area contributed by atoms with Crippen molar-refractivity contribution in [1.82, 2.24) is 10.2 Å². The van der Waals surface area contributed by atoms with Gasteiger partial charge in [0.1, 0.15) is 0 Å². The van der Waals surface area contributed by atoms with Crippen molar-refractivity contribution < 1.29 is 4.79 Å². The van der Waals surface area contributed by atoms with E-state index >= 15 is 0 Å². The van der Waals surface area contributed by atoms with Crippen molar-refractivity contribution in [2.75, 3.05) is 13.6 Å². The normalized spacial score (nSPS) is 21.1. The highest BCUT2D eigenvalue weighted by molar-refractivity contribution is 5.76. The van der Waals surface area contributed by atoms with Gasteiger partial charge in [0.05, 0.1) is 6.04 Å². The van der Waals surface area contributed by atoms with E-state index in [2.05, 4.69) is 30.4 Å². The van der Waals surface area contributed by atoms with Crippen molar-refractivity contribution in [3.8, 4) is 0 Å². The summed E-state index contributed by atoms with van der Waals surface area (Å²) >= 11 is 0. The van der Waals surface area contributed by atoms with E-state index in [-0.39, 0.29) is 12.1 Å². The van der Waals surface area contributed by atoms with E-state index in [9.17, 15) is 4.79 Å². The third kappa shape index (κ3) is 1.58. The predicted octanol–water partition coefficient (Wildman–Crippen LogP) is 1.69. The van der Waals surface area contributed by atoms with Gasteiger partial charge in [-0.25, -0.2) is 4.79 Å². The summed E-state index contributed by atoms with van der Waals surface area (Å²) in [4.78, 5) is 13.0. The second kappa shape index (κ2) is 3.33. The van der Waals surface area contributed by atoms with E-state index in [0.29, 0.717) is 0 Å². The first-order valence-electron chi connectivity index (χ1n) is 4.75. The Kier molecular flexibility index (Phi) is 2.15. The lowest BCUT2D eigenvalue weighted by molar-refractivity contribution is 0.226. The Labute approximate surface area is 83.7 Å². The molecule has 0 bridgehead atoms. The predicted molar refractivity (Wildman–Crippen MR) is 55.1 cm³/mol. The van der Waals surface area contributed by atoms with Gasteiger partial charge in [-0.15, -0.1) is 0 Å². The van der Waals surface area contributed by atoms with Gasteiger partial charge in [-0.1, -0.05) is 29.8 Å². The topological polar surface area (TPSA) is 32.3 Å². The standard InChI is InChI=1S/C11H14N2O/c1-8-4-3-5-9(6-8)10-7-13(2)11(14)12-10/h3-6,10H,7H2,1-2H3,(H,12,14). The van der Waals surface area contributed by atoms with Crippen LogP contribution in [0.2, 0.25) is 0 Å². The molecule has 74 valence electrons. The summed E-state index contributed by atoms with van der Waals surface area (Å²) < 4.78 is 0. The van der Waals surface area contributed by atoms with Crippen molar-refractivity contribution in [1.29, 1.82) is 0 Å².